The van der Waals surface area contributed by atoms with E-state index in [9.17, 15) is 5.26 Å². The van der Waals surface area contributed by atoms with E-state index in [0.29, 0.717) is 20.8 Å². The zero-order valence-corrected chi connectivity index (χ0v) is 18.0. The number of hydrogen-bond acceptors (Lipinski definition) is 8. The van der Waals surface area contributed by atoms with Crippen LogP contribution >= 0.6 is 35.3 Å². The summed E-state index contributed by atoms with van der Waals surface area (Å²) in [4.78, 5) is 11.0. The standard InChI is InChI=1S/C20H17N3O2S3/c1-24-13-6-4-8-15(10-13)27-18-17(12-21)19(23-20(22-18)26-3)28-16-9-5-7-14(11-16)25-2/h4-11H,1-3H3. The monoisotopic (exact) mass is 427 g/mol. The Hall–Kier alpha value is -2.34. The number of rotatable bonds is 7. The Morgan fingerprint density at radius 1 is 0.857 bits per heavy atom. The molecule has 0 aliphatic rings. The van der Waals surface area contributed by atoms with Crippen LogP contribution < -0.4 is 9.47 Å². The average molecular weight is 428 g/mol. The van der Waals surface area contributed by atoms with E-state index in [-0.39, 0.29) is 0 Å². The van der Waals surface area contributed by atoms with Gasteiger partial charge in [0.05, 0.1) is 14.2 Å². The quantitative estimate of drug-likeness (QED) is 0.282. The van der Waals surface area contributed by atoms with Crippen molar-refractivity contribution < 1.29 is 9.47 Å². The highest BCUT2D eigenvalue weighted by Gasteiger charge is 2.17. The minimum absolute atomic E-state index is 0.457. The summed E-state index contributed by atoms with van der Waals surface area (Å²) >= 11 is 4.30. The lowest BCUT2D eigenvalue weighted by molar-refractivity contribution is 0.413. The number of benzene rings is 2. The van der Waals surface area contributed by atoms with Crippen molar-refractivity contribution >= 4 is 35.3 Å². The van der Waals surface area contributed by atoms with Gasteiger partial charge in [0.2, 0.25) is 0 Å². The van der Waals surface area contributed by atoms with Gasteiger partial charge in [-0.1, -0.05) is 47.4 Å². The van der Waals surface area contributed by atoms with Gasteiger partial charge in [-0.15, -0.1) is 0 Å². The number of aromatic nitrogens is 2. The molecule has 3 rings (SSSR count). The number of nitrogens with zero attached hydrogens (tertiary/aromatic N) is 3. The van der Waals surface area contributed by atoms with E-state index < -0.39 is 0 Å². The SMILES string of the molecule is COc1cccc(Sc2nc(SC)nc(Sc3cccc(OC)c3)c2C#N)c1. The molecule has 28 heavy (non-hydrogen) atoms. The maximum atomic E-state index is 9.81. The zero-order valence-electron chi connectivity index (χ0n) is 15.5. The van der Waals surface area contributed by atoms with Crippen molar-refractivity contribution in [2.45, 2.75) is 25.0 Å². The molecule has 0 N–H and O–H groups in total. The van der Waals surface area contributed by atoms with E-state index in [0.717, 1.165) is 21.3 Å². The Balaban J connectivity index is 2.00. The first-order valence-electron chi connectivity index (χ1n) is 8.16. The molecule has 0 atom stereocenters. The lowest BCUT2D eigenvalue weighted by Crippen LogP contribution is -1.98. The van der Waals surface area contributed by atoms with E-state index in [1.54, 1.807) is 14.2 Å². The van der Waals surface area contributed by atoms with E-state index in [1.807, 2.05) is 54.8 Å². The van der Waals surface area contributed by atoms with Crippen molar-refractivity contribution in [1.29, 1.82) is 5.26 Å². The lowest BCUT2D eigenvalue weighted by atomic mass is 10.3. The summed E-state index contributed by atoms with van der Waals surface area (Å²) in [6.07, 6.45) is 1.92. The second-order valence-electron chi connectivity index (χ2n) is 5.37. The summed E-state index contributed by atoms with van der Waals surface area (Å²) < 4.78 is 10.6. The molecule has 142 valence electrons. The third-order valence-electron chi connectivity index (χ3n) is 3.63. The number of ether oxygens (including phenoxy) is 2. The zero-order chi connectivity index (χ0) is 19.9. The van der Waals surface area contributed by atoms with Crippen LogP contribution in [0.2, 0.25) is 0 Å². The fourth-order valence-electron chi connectivity index (χ4n) is 2.29. The third kappa shape index (κ3) is 4.93. The number of hydrogen-bond donors (Lipinski definition) is 0. The molecule has 1 aromatic heterocycles. The molecule has 5 nitrogen and oxygen atoms in total. The number of methoxy groups -OCH3 is 2. The van der Waals surface area contributed by atoms with Crippen molar-refractivity contribution in [2.75, 3.05) is 20.5 Å². The van der Waals surface area contributed by atoms with Crippen LogP contribution in [-0.4, -0.2) is 30.4 Å². The van der Waals surface area contributed by atoms with E-state index in [2.05, 4.69) is 16.0 Å². The summed E-state index contributed by atoms with van der Waals surface area (Å²) in [6, 6.07) is 17.6. The molecule has 2 aromatic carbocycles. The summed E-state index contributed by atoms with van der Waals surface area (Å²) in [6.45, 7) is 0. The van der Waals surface area contributed by atoms with Gasteiger partial charge in [-0.2, -0.15) is 5.26 Å². The topological polar surface area (TPSA) is 68.0 Å². The van der Waals surface area contributed by atoms with Gasteiger partial charge in [-0.05, 0) is 42.7 Å². The van der Waals surface area contributed by atoms with E-state index in [1.165, 1.54) is 35.3 Å². The maximum Gasteiger partial charge on any atom is 0.189 e. The van der Waals surface area contributed by atoms with Gasteiger partial charge >= 0.3 is 0 Å². The largest absolute Gasteiger partial charge is 0.497 e. The van der Waals surface area contributed by atoms with Crippen LogP contribution in [0.3, 0.4) is 0 Å². The van der Waals surface area contributed by atoms with E-state index in [4.69, 9.17) is 9.47 Å². The van der Waals surface area contributed by atoms with Crippen molar-refractivity contribution in [3.8, 4) is 17.6 Å². The predicted octanol–water partition coefficient (Wildman–Crippen LogP) is 5.39. The number of nitriles is 1. The predicted molar refractivity (Wildman–Crippen MR) is 113 cm³/mol. The van der Waals surface area contributed by atoms with Gasteiger partial charge in [0.15, 0.2) is 5.16 Å². The highest BCUT2D eigenvalue weighted by atomic mass is 32.2. The Kier molecular flexibility index (Phi) is 7.09. The Morgan fingerprint density at radius 2 is 1.36 bits per heavy atom. The molecular formula is C20H17N3O2S3. The molecule has 8 heteroatoms. The van der Waals surface area contributed by atoms with Crippen LogP contribution in [0.4, 0.5) is 0 Å². The number of thioether (sulfide) groups is 1. The highest BCUT2D eigenvalue weighted by molar-refractivity contribution is 8.00. The second-order valence-corrected chi connectivity index (χ2v) is 8.27. The summed E-state index contributed by atoms with van der Waals surface area (Å²) in [5, 5.41) is 11.7. The molecule has 0 bridgehead atoms. The van der Waals surface area contributed by atoms with Crippen molar-refractivity contribution in [3.63, 3.8) is 0 Å². The lowest BCUT2D eigenvalue weighted by Gasteiger charge is -2.10. The van der Waals surface area contributed by atoms with Crippen molar-refractivity contribution in [3.05, 3.63) is 54.1 Å². The van der Waals surface area contributed by atoms with Crippen LogP contribution in [0.15, 0.2) is 73.5 Å². The van der Waals surface area contributed by atoms with Crippen LogP contribution in [-0.2, 0) is 0 Å². The first-order valence-corrected chi connectivity index (χ1v) is 11.0. The first-order chi connectivity index (χ1) is 13.7. The molecule has 0 unspecified atom stereocenters. The van der Waals surface area contributed by atoms with Gasteiger partial charge in [0.25, 0.3) is 0 Å². The molecule has 0 fully saturated rings. The Labute approximate surface area is 176 Å². The van der Waals surface area contributed by atoms with Crippen LogP contribution in [0.25, 0.3) is 0 Å². The Bertz CT molecular complexity index is 951. The van der Waals surface area contributed by atoms with Crippen molar-refractivity contribution in [1.82, 2.24) is 9.97 Å². The van der Waals surface area contributed by atoms with Gasteiger partial charge in [0.1, 0.15) is 33.2 Å². The molecule has 0 aliphatic carbocycles. The summed E-state index contributed by atoms with van der Waals surface area (Å²) in [5.74, 6) is 1.52. The molecule has 0 aliphatic heterocycles. The first kappa shape index (κ1) is 20.4. The molecule has 1 heterocycles. The molecule has 3 aromatic rings. The van der Waals surface area contributed by atoms with Gasteiger partial charge < -0.3 is 9.47 Å². The average Bonchev–Trinajstić information content (AvgIpc) is 2.73. The molecular weight excluding hydrogens is 410 g/mol. The third-order valence-corrected chi connectivity index (χ3v) is 6.13. The molecule has 0 saturated carbocycles. The maximum absolute atomic E-state index is 9.81. The minimum Gasteiger partial charge on any atom is -0.497 e. The van der Waals surface area contributed by atoms with E-state index >= 15 is 0 Å². The normalized spacial score (nSPS) is 10.4. The van der Waals surface area contributed by atoms with Crippen LogP contribution in [0.1, 0.15) is 5.56 Å². The molecule has 0 amide bonds. The smallest absolute Gasteiger partial charge is 0.189 e. The van der Waals surface area contributed by atoms with Crippen molar-refractivity contribution in [2.24, 2.45) is 0 Å². The molecule has 0 spiro atoms. The van der Waals surface area contributed by atoms with Gasteiger partial charge in [-0.3, -0.25) is 0 Å². The minimum atomic E-state index is 0.457. The fourth-order valence-corrected chi connectivity index (χ4v) is 4.68. The fraction of sp³-hybridized carbons (Fsp3) is 0.150. The summed E-state index contributed by atoms with van der Waals surface area (Å²) in [7, 11) is 3.26. The Morgan fingerprint density at radius 3 is 1.75 bits per heavy atom. The molecule has 0 radical (unpaired) electrons. The van der Waals surface area contributed by atoms with Crippen LogP contribution in [0, 0.1) is 11.3 Å². The molecule has 0 saturated heterocycles. The highest BCUT2D eigenvalue weighted by Crippen LogP contribution is 2.38. The second kappa shape index (κ2) is 9.73. The summed E-state index contributed by atoms with van der Waals surface area (Å²) in [5.41, 5.74) is 0.457. The van der Waals surface area contributed by atoms with Crippen LogP contribution in [0.5, 0.6) is 11.5 Å². The van der Waals surface area contributed by atoms with Gasteiger partial charge in [-0.25, -0.2) is 9.97 Å². The van der Waals surface area contributed by atoms with Gasteiger partial charge in [0, 0.05) is 9.79 Å².